The molecule has 1 aromatic rings. The summed E-state index contributed by atoms with van der Waals surface area (Å²) in [6.07, 6.45) is -3.49. The quantitative estimate of drug-likeness (QED) is 0.792. The molecule has 0 unspecified atom stereocenters. The van der Waals surface area contributed by atoms with E-state index in [1.165, 1.54) is 18.0 Å². The van der Waals surface area contributed by atoms with Gasteiger partial charge in [0.2, 0.25) is 0 Å². The van der Waals surface area contributed by atoms with Crippen LogP contribution in [0.5, 0.6) is 0 Å². The lowest BCUT2D eigenvalue weighted by Crippen LogP contribution is -2.15. The van der Waals surface area contributed by atoms with E-state index in [0.29, 0.717) is 5.69 Å². The highest BCUT2D eigenvalue weighted by molar-refractivity contribution is 14.1. The maximum atomic E-state index is 12.0. The first-order valence-corrected chi connectivity index (χ1v) is 5.28. The Kier molecular flexibility index (Phi) is 4.38. The predicted molar refractivity (Wildman–Crippen MR) is 56.3 cm³/mol. The Morgan fingerprint density at radius 3 is 2.73 bits per heavy atom. The molecule has 0 aliphatic heterocycles. The molecule has 7 heteroatoms. The van der Waals surface area contributed by atoms with Gasteiger partial charge in [-0.3, -0.25) is 4.68 Å². The summed E-state index contributed by atoms with van der Waals surface area (Å²) in [7, 11) is 1.50. The van der Waals surface area contributed by atoms with E-state index in [4.69, 9.17) is 4.74 Å². The van der Waals surface area contributed by atoms with E-state index < -0.39 is 12.6 Å². The number of halogens is 4. The number of methoxy groups -OCH3 is 1. The molecule has 0 aliphatic carbocycles. The summed E-state index contributed by atoms with van der Waals surface area (Å²) < 4.78 is 43.0. The molecule has 0 saturated carbocycles. The van der Waals surface area contributed by atoms with Crippen LogP contribution in [-0.2, 0) is 17.9 Å². The summed E-state index contributed by atoms with van der Waals surface area (Å²) in [4.78, 5) is 0. The first kappa shape index (κ1) is 12.8. The fraction of sp³-hybridized carbons (Fsp3) is 0.625. The van der Waals surface area contributed by atoms with Crippen LogP contribution in [0.2, 0.25) is 0 Å². The molecule has 1 rings (SSSR count). The topological polar surface area (TPSA) is 27.1 Å². The second-order valence-electron chi connectivity index (χ2n) is 2.96. The Bertz CT molecular complexity index is 324. The van der Waals surface area contributed by atoms with Gasteiger partial charge in [-0.05, 0) is 22.6 Å². The van der Waals surface area contributed by atoms with Crippen molar-refractivity contribution in [2.24, 2.45) is 0 Å². The largest absolute Gasteiger partial charge is 0.390 e. The van der Waals surface area contributed by atoms with Crippen LogP contribution in [0.4, 0.5) is 13.2 Å². The van der Waals surface area contributed by atoms with Crippen molar-refractivity contribution < 1.29 is 17.9 Å². The summed E-state index contributed by atoms with van der Waals surface area (Å²) in [6, 6.07) is 0. The summed E-state index contributed by atoms with van der Waals surface area (Å²) in [5, 5.41) is 3.87. The molecular weight excluding hydrogens is 324 g/mol. The number of hydrogen-bond donors (Lipinski definition) is 0. The summed E-state index contributed by atoms with van der Waals surface area (Å²) in [5.41, 5.74) is 0.683. The number of alkyl halides is 3. The summed E-state index contributed by atoms with van der Waals surface area (Å²) in [5.74, 6) is 0. The number of hydrogen-bond acceptors (Lipinski definition) is 2. The lowest BCUT2D eigenvalue weighted by atomic mass is 10.4. The number of aromatic nitrogens is 2. The van der Waals surface area contributed by atoms with Crippen molar-refractivity contribution in [2.45, 2.75) is 25.7 Å². The van der Waals surface area contributed by atoms with E-state index in [1.807, 2.05) is 22.6 Å². The van der Waals surface area contributed by atoms with Gasteiger partial charge in [-0.25, -0.2) is 0 Å². The Labute approximate surface area is 98.7 Å². The fourth-order valence-corrected chi connectivity index (χ4v) is 1.65. The van der Waals surface area contributed by atoms with Gasteiger partial charge in [0.25, 0.3) is 0 Å². The third kappa shape index (κ3) is 3.98. The van der Waals surface area contributed by atoms with Crippen LogP contribution in [0.25, 0.3) is 0 Å². The maximum absolute atomic E-state index is 12.0. The molecule has 0 atom stereocenters. The highest BCUT2D eigenvalue weighted by Crippen LogP contribution is 2.21. The van der Waals surface area contributed by atoms with Crippen LogP contribution < -0.4 is 0 Å². The zero-order valence-corrected chi connectivity index (χ0v) is 10.2. The third-order valence-corrected chi connectivity index (χ3v) is 2.69. The van der Waals surface area contributed by atoms with Gasteiger partial charge < -0.3 is 4.74 Å². The Morgan fingerprint density at radius 2 is 2.20 bits per heavy atom. The van der Waals surface area contributed by atoms with Crippen LogP contribution in [0.15, 0.2) is 6.20 Å². The van der Waals surface area contributed by atoms with Crippen molar-refractivity contribution in [3.63, 3.8) is 0 Å². The second-order valence-corrected chi connectivity index (χ2v) is 4.12. The average Bonchev–Trinajstić information content (AvgIpc) is 2.45. The molecule has 0 aliphatic rings. The molecule has 0 aromatic carbocycles. The molecule has 0 bridgehead atoms. The van der Waals surface area contributed by atoms with Gasteiger partial charge in [-0.1, -0.05) is 0 Å². The smallest absolute Gasteiger partial charge is 0.378 e. The number of aryl methyl sites for hydroxylation is 1. The minimum Gasteiger partial charge on any atom is -0.378 e. The van der Waals surface area contributed by atoms with Crippen molar-refractivity contribution >= 4 is 22.6 Å². The normalized spacial score (nSPS) is 12.1. The molecule has 0 radical (unpaired) electrons. The van der Waals surface area contributed by atoms with E-state index in [1.54, 1.807) is 0 Å². The van der Waals surface area contributed by atoms with Crippen molar-refractivity contribution in [1.82, 2.24) is 9.78 Å². The van der Waals surface area contributed by atoms with Crippen molar-refractivity contribution in [3.05, 3.63) is 15.5 Å². The minimum atomic E-state index is -4.15. The van der Waals surface area contributed by atoms with Crippen LogP contribution in [0.3, 0.4) is 0 Å². The third-order valence-electron chi connectivity index (χ3n) is 1.79. The monoisotopic (exact) mass is 334 g/mol. The van der Waals surface area contributed by atoms with Gasteiger partial charge in [-0.2, -0.15) is 18.3 Å². The number of ether oxygens (including phenoxy) is 1. The van der Waals surface area contributed by atoms with E-state index in [0.717, 1.165) is 3.57 Å². The zero-order chi connectivity index (χ0) is 11.5. The molecule has 15 heavy (non-hydrogen) atoms. The highest BCUT2D eigenvalue weighted by atomic mass is 127. The molecular formula is C8H10F3IN2O. The molecule has 1 heterocycles. The number of rotatable bonds is 4. The second kappa shape index (κ2) is 5.15. The summed E-state index contributed by atoms with van der Waals surface area (Å²) >= 11 is 2.02. The molecule has 1 aromatic heterocycles. The molecule has 86 valence electrons. The van der Waals surface area contributed by atoms with Crippen molar-refractivity contribution in [3.8, 4) is 0 Å². The van der Waals surface area contributed by atoms with E-state index in [9.17, 15) is 13.2 Å². The number of nitrogens with zero attached hydrogens (tertiary/aromatic N) is 2. The maximum Gasteiger partial charge on any atom is 0.390 e. The van der Waals surface area contributed by atoms with Gasteiger partial charge in [0, 0.05) is 13.7 Å². The van der Waals surface area contributed by atoms with Crippen LogP contribution in [0, 0.1) is 3.57 Å². The van der Waals surface area contributed by atoms with Crippen molar-refractivity contribution in [1.29, 1.82) is 0 Å². The SMILES string of the molecule is COCc1c(I)cnn1CCC(F)(F)F. The minimum absolute atomic E-state index is 0.162. The molecule has 0 fully saturated rings. The van der Waals surface area contributed by atoms with E-state index >= 15 is 0 Å². The molecule has 3 nitrogen and oxygen atoms in total. The van der Waals surface area contributed by atoms with Crippen LogP contribution in [0.1, 0.15) is 12.1 Å². The van der Waals surface area contributed by atoms with Crippen LogP contribution in [-0.4, -0.2) is 23.1 Å². The van der Waals surface area contributed by atoms with Gasteiger partial charge in [0.15, 0.2) is 0 Å². The van der Waals surface area contributed by atoms with Gasteiger partial charge >= 0.3 is 6.18 Å². The summed E-state index contributed by atoms with van der Waals surface area (Å²) in [6.45, 7) is 0.112. The first-order valence-electron chi connectivity index (χ1n) is 4.20. The molecule has 0 saturated heterocycles. The Morgan fingerprint density at radius 1 is 1.53 bits per heavy atom. The highest BCUT2D eigenvalue weighted by Gasteiger charge is 2.27. The average molecular weight is 334 g/mol. The van der Waals surface area contributed by atoms with E-state index in [-0.39, 0.29) is 13.2 Å². The molecule has 0 amide bonds. The van der Waals surface area contributed by atoms with Gasteiger partial charge in [0.1, 0.15) is 0 Å². The van der Waals surface area contributed by atoms with Gasteiger partial charge in [0.05, 0.1) is 28.5 Å². The zero-order valence-electron chi connectivity index (χ0n) is 8.01. The predicted octanol–water partition coefficient (Wildman–Crippen LogP) is 2.59. The van der Waals surface area contributed by atoms with Crippen molar-refractivity contribution in [2.75, 3.05) is 7.11 Å². The molecule has 0 N–H and O–H groups in total. The Balaban J connectivity index is 2.68. The van der Waals surface area contributed by atoms with E-state index in [2.05, 4.69) is 5.10 Å². The standard InChI is InChI=1S/C8H10F3IN2O/c1-15-5-7-6(12)4-13-14(7)3-2-8(9,10)11/h4H,2-3,5H2,1H3. The first-order chi connectivity index (χ1) is 6.94. The van der Waals surface area contributed by atoms with Crippen LogP contribution >= 0.6 is 22.6 Å². The van der Waals surface area contributed by atoms with Gasteiger partial charge in [-0.15, -0.1) is 0 Å². The molecule has 0 spiro atoms. The Hall–Kier alpha value is -0.310. The lowest BCUT2D eigenvalue weighted by Gasteiger charge is -2.09. The lowest BCUT2D eigenvalue weighted by molar-refractivity contribution is -0.137. The fourth-order valence-electron chi connectivity index (χ4n) is 1.09.